The summed E-state index contributed by atoms with van der Waals surface area (Å²) in [6.07, 6.45) is 2.49. The van der Waals surface area contributed by atoms with Gasteiger partial charge in [0.15, 0.2) is 0 Å². The second-order valence-electron chi connectivity index (χ2n) is 5.01. The minimum Gasteiger partial charge on any atom is -0.481 e. The Morgan fingerprint density at radius 1 is 1.31 bits per heavy atom. The lowest BCUT2D eigenvalue weighted by molar-refractivity contribution is -0.139. The molecule has 0 saturated heterocycles. The molecule has 0 aliphatic carbocycles. The van der Waals surface area contributed by atoms with Crippen molar-refractivity contribution in [1.82, 2.24) is 0 Å². The Bertz CT molecular complexity index is 223. The molecule has 0 aromatic heterocycles. The summed E-state index contributed by atoms with van der Waals surface area (Å²) in [5.74, 6) is -0.760. The Hall–Kier alpha value is -0.0900. The van der Waals surface area contributed by atoms with E-state index in [1.165, 1.54) is 0 Å². The second kappa shape index (κ2) is 6.60. The third kappa shape index (κ3) is 8.11. The summed E-state index contributed by atoms with van der Waals surface area (Å²) in [6.45, 7) is 8.86. The summed E-state index contributed by atoms with van der Waals surface area (Å²) < 4.78 is 5.89. The van der Waals surface area contributed by atoms with Crippen LogP contribution in [-0.2, 0) is 9.53 Å². The van der Waals surface area contributed by atoms with E-state index < -0.39 is 5.97 Å². The van der Waals surface area contributed by atoms with Crippen molar-refractivity contribution in [3.8, 4) is 0 Å². The predicted molar refractivity (Wildman–Crippen MR) is 69.1 cm³/mol. The fourth-order valence-corrected chi connectivity index (χ4v) is 1.42. The zero-order valence-corrected chi connectivity index (χ0v) is 12.3. The van der Waals surface area contributed by atoms with E-state index in [2.05, 4.69) is 29.8 Å². The minimum atomic E-state index is -0.760. The van der Waals surface area contributed by atoms with Crippen LogP contribution in [0.25, 0.3) is 0 Å². The highest BCUT2D eigenvalue weighted by Gasteiger charge is 2.24. The summed E-state index contributed by atoms with van der Waals surface area (Å²) >= 11 is 3.56. The lowest BCUT2D eigenvalue weighted by Crippen LogP contribution is -2.30. The van der Waals surface area contributed by atoms with Crippen LogP contribution in [0.5, 0.6) is 0 Å². The van der Waals surface area contributed by atoms with Crippen molar-refractivity contribution in [3.63, 3.8) is 0 Å². The van der Waals surface area contributed by atoms with Gasteiger partial charge < -0.3 is 9.84 Å². The van der Waals surface area contributed by atoms with Crippen molar-refractivity contribution < 1.29 is 14.6 Å². The van der Waals surface area contributed by atoms with E-state index in [4.69, 9.17) is 9.84 Å². The smallest absolute Gasteiger partial charge is 0.303 e. The molecule has 0 saturated carbocycles. The number of alkyl halides is 1. The SMILES string of the molecule is CCC(C)(CCC(=O)O)OCCC(C)(C)Br. The first-order valence-electron chi connectivity index (χ1n) is 5.73. The molecular formula is C12H23BrO3. The van der Waals surface area contributed by atoms with Crippen molar-refractivity contribution in [1.29, 1.82) is 0 Å². The van der Waals surface area contributed by atoms with Gasteiger partial charge in [0.1, 0.15) is 0 Å². The van der Waals surface area contributed by atoms with Gasteiger partial charge in [-0.3, -0.25) is 4.79 Å². The van der Waals surface area contributed by atoms with Crippen LogP contribution in [-0.4, -0.2) is 27.6 Å². The van der Waals surface area contributed by atoms with Crippen molar-refractivity contribution in [2.24, 2.45) is 0 Å². The summed E-state index contributed by atoms with van der Waals surface area (Å²) in [5, 5.41) is 8.66. The number of carboxylic acids is 1. The molecule has 0 amide bonds. The maximum absolute atomic E-state index is 10.5. The average molecular weight is 295 g/mol. The summed E-state index contributed by atoms with van der Waals surface area (Å²) in [7, 11) is 0. The van der Waals surface area contributed by atoms with Crippen molar-refractivity contribution >= 4 is 21.9 Å². The van der Waals surface area contributed by atoms with Gasteiger partial charge in [0.25, 0.3) is 0 Å². The molecule has 0 aliphatic heterocycles. The van der Waals surface area contributed by atoms with Gasteiger partial charge in [-0.25, -0.2) is 0 Å². The Morgan fingerprint density at radius 3 is 2.25 bits per heavy atom. The third-order valence-corrected chi connectivity index (χ3v) is 3.16. The van der Waals surface area contributed by atoms with Gasteiger partial charge in [0.05, 0.1) is 5.60 Å². The van der Waals surface area contributed by atoms with Crippen LogP contribution in [0.15, 0.2) is 0 Å². The number of rotatable bonds is 8. The highest BCUT2D eigenvalue weighted by atomic mass is 79.9. The van der Waals surface area contributed by atoms with Crippen LogP contribution >= 0.6 is 15.9 Å². The molecule has 4 heteroatoms. The number of carboxylic acid groups (broad SMARTS) is 1. The van der Waals surface area contributed by atoms with Gasteiger partial charge in [-0.1, -0.05) is 22.9 Å². The van der Waals surface area contributed by atoms with Gasteiger partial charge in [0.2, 0.25) is 0 Å². The lowest BCUT2D eigenvalue weighted by atomic mass is 9.96. The molecule has 1 unspecified atom stereocenters. The molecule has 96 valence electrons. The van der Waals surface area contributed by atoms with Crippen molar-refractivity contribution in [3.05, 3.63) is 0 Å². The van der Waals surface area contributed by atoms with Gasteiger partial charge in [-0.05, 0) is 40.0 Å². The van der Waals surface area contributed by atoms with E-state index in [1.807, 2.05) is 13.8 Å². The zero-order valence-electron chi connectivity index (χ0n) is 10.7. The van der Waals surface area contributed by atoms with Crippen molar-refractivity contribution in [2.45, 2.75) is 63.3 Å². The number of aliphatic carboxylic acids is 1. The van der Waals surface area contributed by atoms with Crippen LogP contribution in [0.4, 0.5) is 0 Å². The highest BCUT2D eigenvalue weighted by Crippen LogP contribution is 2.25. The van der Waals surface area contributed by atoms with Gasteiger partial charge in [0, 0.05) is 17.4 Å². The largest absolute Gasteiger partial charge is 0.481 e. The molecule has 16 heavy (non-hydrogen) atoms. The lowest BCUT2D eigenvalue weighted by Gasteiger charge is -2.29. The molecule has 1 atom stereocenters. The fourth-order valence-electron chi connectivity index (χ4n) is 1.26. The molecule has 0 fully saturated rings. The monoisotopic (exact) mass is 294 g/mol. The molecule has 0 bridgehead atoms. The van der Waals surface area contributed by atoms with E-state index in [0.717, 1.165) is 12.8 Å². The zero-order chi connectivity index (χ0) is 12.8. The molecule has 0 aromatic rings. The number of carbonyl (C=O) groups is 1. The van der Waals surface area contributed by atoms with E-state index in [0.29, 0.717) is 13.0 Å². The first-order valence-corrected chi connectivity index (χ1v) is 6.52. The quantitative estimate of drug-likeness (QED) is 0.696. The molecule has 0 heterocycles. The number of ether oxygens (including phenoxy) is 1. The van der Waals surface area contributed by atoms with Crippen LogP contribution in [0.2, 0.25) is 0 Å². The Morgan fingerprint density at radius 2 is 1.88 bits per heavy atom. The molecule has 0 aromatic carbocycles. The highest BCUT2D eigenvalue weighted by molar-refractivity contribution is 9.10. The fraction of sp³-hybridized carbons (Fsp3) is 0.917. The Balaban J connectivity index is 4.01. The molecule has 0 radical (unpaired) electrons. The van der Waals surface area contributed by atoms with E-state index in [1.54, 1.807) is 0 Å². The van der Waals surface area contributed by atoms with Crippen molar-refractivity contribution in [2.75, 3.05) is 6.61 Å². The van der Waals surface area contributed by atoms with E-state index in [-0.39, 0.29) is 16.3 Å². The van der Waals surface area contributed by atoms with Crippen LogP contribution in [0, 0.1) is 0 Å². The predicted octanol–water partition coefficient (Wildman–Crippen LogP) is 3.60. The van der Waals surface area contributed by atoms with Gasteiger partial charge in [-0.2, -0.15) is 0 Å². The number of halogens is 1. The Kier molecular flexibility index (Phi) is 6.56. The molecular weight excluding hydrogens is 272 g/mol. The number of hydrogen-bond acceptors (Lipinski definition) is 2. The molecule has 0 rings (SSSR count). The minimum absolute atomic E-state index is 0.0778. The van der Waals surface area contributed by atoms with Crippen LogP contribution in [0.1, 0.15) is 53.4 Å². The van der Waals surface area contributed by atoms with E-state index in [9.17, 15) is 4.79 Å². The van der Waals surface area contributed by atoms with Gasteiger partial charge in [-0.15, -0.1) is 0 Å². The summed E-state index contributed by atoms with van der Waals surface area (Å²) in [6, 6.07) is 0. The normalized spacial score (nSPS) is 15.8. The topological polar surface area (TPSA) is 46.5 Å². The molecule has 0 aliphatic rings. The van der Waals surface area contributed by atoms with Crippen LogP contribution in [0.3, 0.4) is 0 Å². The first kappa shape index (κ1) is 15.9. The summed E-state index contributed by atoms with van der Waals surface area (Å²) in [5.41, 5.74) is -0.309. The molecule has 3 nitrogen and oxygen atoms in total. The van der Waals surface area contributed by atoms with Gasteiger partial charge >= 0.3 is 5.97 Å². The molecule has 0 spiro atoms. The van der Waals surface area contributed by atoms with E-state index >= 15 is 0 Å². The first-order chi connectivity index (χ1) is 7.18. The second-order valence-corrected chi connectivity index (χ2v) is 7.16. The standard InChI is InChI=1S/C12H23BrO3/c1-5-12(4,7-6-10(14)15)16-9-8-11(2,3)13/h5-9H2,1-4H3,(H,14,15). The summed E-state index contributed by atoms with van der Waals surface area (Å²) in [4.78, 5) is 10.5. The third-order valence-electron chi connectivity index (χ3n) is 2.76. The molecule has 1 N–H and O–H groups in total. The van der Waals surface area contributed by atoms with Crippen LogP contribution < -0.4 is 0 Å². The maximum Gasteiger partial charge on any atom is 0.303 e. The number of hydrogen-bond donors (Lipinski definition) is 1. The maximum atomic E-state index is 10.5. The average Bonchev–Trinajstić information content (AvgIpc) is 2.13. The Labute approximate surface area is 107 Å².